The van der Waals surface area contributed by atoms with E-state index in [1.165, 1.54) is 18.2 Å². The molecule has 1 unspecified atom stereocenters. The third-order valence-corrected chi connectivity index (χ3v) is 5.94. The van der Waals surface area contributed by atoms with Crippen molar-refractivity contribution in [3.63, 3.8) is 0 Å². The minimum Gasteiger partial charge on any atom is -0.352 e. The van der Waals surface area contributed by atoms with Crippen molar-refractivity contribution in [2.45, 2.75) is 37.9 Å². The first-order chi connectivity index (χ1) is 14.1. The minimum atomic E-state index is -4.56. The maximum Gasteiger partial charge on any atom is 0.400 e. The van der Waals surface area contributed by atoms with Gasteiger partial charge < -0.3 is 5.32 Å². The predicted octanol–water partition coefficient (Wildman–Crippen LogP) is 6.37. The second kappa shape index (κ2) is 8.77. The molecule has 0 saturated heterocycles. The fourth-order valence-electron chi connectivity index (χ4n) is 3.39. The van der Waals surface area contributed by atoms with Gasteiger partial charge in [0.2, 0.25) is 5.91 Å². The summed E-state index contributed by atoms with van der Waals surface area (Å²) in [6.45, 7) is 1.51. The van der Waals surface area contributed by atoms with E-state index in [2.05, 4.69) is 10.3 Å². The molecule has 30 heavy (non-hydrogen) atoms. The van der Waals surface area contributed by atoms with E-state index < -0.39 is 18.1 Å². The Labute approximate surface area is 187 Å². The Kier molecular flexibility index (Phi) is 6.70. The zero-order valence-electron chi connectivity index (χ0n) is 15.9. The van der Waals surface area contributed by atoms with Crippen molar-refractivity contribution in [3.05, 3.63) is 68.2 Å². The van der Waals surface area contributed by atoms with Crippen molar-refractivity contribution in [3.8, 4) is 0 Å². The van der Waals surface area contributed by atoms with Crippen LogP contribution in [-0.2, 0) is 16.8 Å². The zero-order valence-corrected chi connectivity index (χ0v) is 18.2. The first-order valence-electron chi connectivity index (χ1n) is 9.18. The average Bonchev–Trinajstić information content (AvgIpc) is 3.13. The lowest BCUT2D eigenvalue weighted by molar-refractivity contribution is -0.183. The van der Waals surface area contributed by atoms with Gasteiger partial charge in [-0.25, -0.2) is 0 Å². The highest BCUT2D eigenvalue weighted by atomic mass is 35.5. The Bertz CT molecular complexity index is 987. The van der Waals surface area contributed by atoms with Gasteiger partial charge in [-0.15, -0.1) is 0 Å². The van der Waals surface area contributed by atoms with Gasteiger partial charge in [-0.3, -0.25) is 9.79 Å². The lowest BCUT2D eigenvalue weighted by atomic mass is 9.76. The van der Waals surface area contributed by atoms with Gasteiger partial charge >= 0.3 is 6.18 Å². The first kappa shape index (κ1) is 22.9. The second-order valence-electron chi connectivity index (χ2n) is 7.11. The SMILES string of the molecule is CCC(=O)NCc1ccc(C2=NCC(c3cc(Cl)cc(Cl)c3)(C(F)(F)F)C2)cc1Cl. The van der Waals surface area contributed by atoms with Crippen LogP contribution in [0.5, 0.6) is 0 Å². The molecule has 3 nitrogen and oxygen atoms in total. The smallest absolute Gasteiger partial charge is 0.352 e. The van der Waals surface area contributed by atoms with E-state index in [1.54, 1.807) is 25.1 Å². The van der Waals surface area contributed by atoms with Gasteiger partial charge in [-0.2, -0.15) is 13.2 Å². The Morgan fingerprint density at radius 2 is 1.80 bits per heavy atom. The molecular weight excluding hydrogens is 460 g/mol. The van der Waals surface area contributed by atoms with Crippen LogP contribution in [0.3, 0.4) is 0 Å². The Morgan fingerprint density at radius 1 is 1.13 bits per heavy atom. The van der Waals surface area contributed by atoms with Crippen LogP contribution in [0.15, 0.2) is 41.4 Å². The van der Waals surface area contributed by atoms with Crippen molar-refractivity contribution in [1.29, 1.82) is 0 Å². The van der Waals surface area contributed by atoms with Gasteiger partial charge in [0.15, 0.2) is 0 Å². The lowest BCUT2D eigenvalue weighted by Crippen LogP contribution is -2.43. The fourth-order valence-corrected chi connectivity index (χ4v) is 4.16. The molecule has 1 aliphatic heterocycles. The van der Waals surface area contributed by atoms with E-state index in [0.717, 1.165) is 0 Å². The molecule has 3 rings (SSSR count). The molecule has 0 bridgehead atoms. The van der Waals surface area contributed by atoms with Gasteiger partial charge in [0.1, 0.15) is 5.41 Å². The van der Waals surface area contributed by atoms with Crippen molar-refractivity contribution >= 4 is 46.4 Å². The van der Waals surface area contributed by atoms with Crippen molar-refractivity contribution in [2.75, 3.05) is 6.54 Å². The summed E-state index contributed by atoms with van der Waals surface area (Å²) in [4.78, 5) is 15.6. The highest BCUT2D eigenvalue weighted by Crippen LogP contribution is 2.48. The van der Waals surface area contributed by atoms with E-state index >= 15 is 0 Å². The summed E-state index contributed by atoms with van der Waals surface area (Å²) in [6, 6.07) is 8.88. The van der Waals surface area contributed by atoms with Crippen LogP contribution < -0.4 is 5.32 Å². The third-order valence-electron chi connectivity index (χ3n) is 5.15. The van der Waals surface area contributed by atoms with Gasteiger partial charge in [0, 0.05) is 40.2 Å². The molecule has 0 radical (unpaired) electrons. The molecule has 1 N–H and O–H groups in total. The van der Waals surface area contributed by atoms with Crippen molar-refractivity contribution in [1.82, 2.24) is 5.32 Å². The van der Waals surface area contributed by atoms with E-state index in [9.17, 15) is 18.0 Å². The Balaban J connectivity index is 1.89. The molecular formula is C21H18Cl3F3N2O. The summed E-state index contributed by atoms with van der Waals surface area (Å²) in [5, 5.41) is 3.34. The lowest BCUT2D eigenvalue weighted by Gasteiger charge is -2.31. The highest BCUT2D eigenvalue weighted by Gasteiger charge is 2.58. The number of carbonyl (C=O) groups excluding carboxylic acids is 1. The van der Waals surface area contributed by atoms with Crippen LogP contribution >= 0.6 is 34.8 Å². The number of hydrogen-bond acceptors (Lipinski definition) is 2. The van der Waals surface area contributed by atoms with Gasteiger partial charge in [0.25, 0.3) is 0 Å². The second-order valence-corrected chi connectivity index (χ2v) is 8.39. The molecule has 1 atom stereocenters. The summed E-state index contributed by atoms with van der Waals surface area (Å²) in [6.07, 6.45) is -4.56. The molecule has 2 aromatic carbocycles. The number of nitrogens with one attached hydrogen (secondary N) is 1. The van der Waals surface area contributed by atoms with Crippen molar-refractivity contribution in [2.24, 2.45) is 4.99 Å². The zero-order chi connectivity index (χ0) is 22.1. The number of hydrogen-bond donors (Lipinski definition) is 1. The highest BCUT2D eigenvalue weighted by molar-refractivity contribution is 6.34. The minimum absolute atomic E-state index is 0.0174. The van der Waals surface area contributed by atoms with Crippen LogP contribution in [0.4, 0.5) is 13.2 Å². The maximum absolute atomic E-state index is 14.2. The topological polar surface area (TPSA) is 41.5 Å². The molecule has 2 aromatic rings. The van der Waals surface area contributed by atoms with Crippen molar-refractivity contribution < 1.29 is 18.0 Å². The maximum atomic E-state index is 14.2. The van der Waals surface area contributed by atoms with Gasteiger partial charge in [-0.05, 0) is 41.0 Å². The number of benzene rings is 2. The summed E-state index contributed by atoms with van der Waals surface area (Å²) in [5.41, 5.74) is -0.753. The van der Waals surface area contributed by atoms with Crippen LogP contribution in [-0.4, -0.2) is 24.3 Å². The van der Waals surface area contributed by atoms with Gasteiger partial charge in [0.05, 0.1) is 6.54 Å². The quantitative estimate of drug-likeness (QED) is 0.534. The molecule has 0 aliphatic carbocycles. The molecule has 0 saturated carbocycles. The van der Waals surface area contributed by atoms with Gasteiger partial charge in [-0.1, -0.05) is 53.9 Å². The first-order valence-corrected chi connectivity index (χ1v) is 10.3. The van der Waals surface area contributed by atoms with E-state index in [4.69, 9.17) is 34.8 Å². The number of nitrogens with zero attached hydrogens (tertiary/aromatic N) is 1. The molecule has 9 heteroatoms. The molecule has 160 valence electrons. The Morgan fingerprint density at radius 3 is 2.37 bits per heavy atom. The van der Waals surface area contributed by atoms with Crippen LogP contribution in [0.1, 0.15) is 36.5 Å². The Hall–Kier alpha value is -1.76. The molecule has 0 aromatic heterocycles. The summed E-state index contributed by atoms with van der Waals surface area (Å²) in [5.74, 6) is -0.120. The van der Waals surface area contributed by atoms with E-state index in [0.29, 0.717) is 28.3 Å². The van der Waals surface area contributed by atoms with Crippen LogP contribution in [0.25, 0.3) is 0 Å². The predicted molar refractivity (Wildman–Crippen MR) is 114 cm³/mol. The molecule has 1 amide bonds. The largest absolute Gasteiger partial charge is 0.400 e. The molecule has 1 heterocycles. The van der Waals surface area contributed by atoms with E-state index in [1.807, 2.05) is 0 Å². The molecule has 0 fully saturated rings. The van der Waals surface area contributed by atoms with Crippen LogP contribution in [0, 0.1) is 0 Å². The van der Waals surface area contributed by atoms with E-state index in [-0.39, 0.29) is 34.5 Å². The number of alkyl halides is 3. The average molecular weight is 478 g/mol. The number of aliphatic imine (C=N–C) groups is 1. The number of amides is 1. The number of halogens is 6. The summed E-state index contributed by atoms with van der Waals surface area (Å²) < 4.78 is 42.5. The number of rotatable bonds is 5. The standard InChI is InChI=1S/C21H18Cl3F3N2O/c1-2-19(30)28-10-13-4-3-12(5-17(13)24)18-9-20(11-29-18,21(25,26)27)14-6-15(22)8-16(23)7-14/h3-8H,2,9-11H2,1H3,(H,28,30). The third kappa shape index (κ3) is 4.61. The molecule has 0 spiro atoms. The summed E-state index contributed by atoms with van der Waals surface area (Å²) >= 11 is 18.2. The molecule has 1 aliphatic rings. The fraction of sp³-hybridized carbons (Fsp3) is 0.333. The normalized spacial score (nSPS) is 19.0. The van der Waals surface area contributed by atoms with Crippen LogP contribution in [0.2, 0.25) is 15.1 Å². The number of carbonyl (C=O) groups is 1. The monoisotopic (exact) mass is 476 g/mol. The summed E-state index contributed by atoms with van der Waals surface area (Å²) in [7, 11) is 0.